The highest BCUT2D eigenvalue weighted by molar-refractivity contribution is 7.13. The number of piperazine rings is 1. The van der Waals surface area contributed by atoms with Crippen LogP contribution in [0.25, 0.3) is 21.7 Å². The number of thiazole rings is 1. The lowest BCUT2D eigenvalue weighted by atomic mass is 9.92. The molecule has 0 saturated carbocycles. The first-order valence-corrected chi connectivity index (χ1v) is 9.67. The average molecular weight is 392 g/mol. The van der Waals surface area contributed by atoms with E-state index < -0.39 is 12.0 Å². The quantitative estimate of drug-likeness (QED) is 0.711. The third kappa shape index (κ3) is 2.64. The van der Waals surface area contributed by atoms with Crippen LogP contribution in [-0.4, -0.2) is 46.7 Å². The van der Waals surface area contributed by atoms with Crippen LogP contribution in [0.5, 0.6) is 0 Å². The predicted molar refractivity (Wildman–Crippen MR) is 98.2 cm³/mol. The van der Waals surface area contributed by atoms with Gasteiger partial charge in [-0.05, 0) is 19.4 Å². The third-order valence-electron chi connectivity index (χ3n) is 5.36. The van der Waals surface area contributed by atoms with E-state index in [1.54, 1.807) is 12.3 Å². The minimum Gasteiger partial charge on any atom is -0.423 e. The molecule has 0 spiro atoms. The van der Waals surface area contributed by atoms with E-state index in [0.29, 0.717) is 34.3 Å². The summed E-state index contributed by atoms with van der Waals surface area (Å²) in [7, 11) is 0. The highest BCUT2D eigenvalue weighted by Gasteiger charge is 2.40. The molecule has 5 heterocycles. The minimum atomic E-state index is -2.95. The molecule has 9 heteroatoms. The summed E-state index contributed by atoms with van der Waals surface area (Å²) in [6.07, 6.45) is -0.138. The van der Waals surface area contributed by atoms with Gasteiger partial charge in [0.25, 0.3) is 12.4 Å². The number of aliphatic hydroxyl groups is 1. The number of fused-ring (bicyclic) bond motifs is 3. The van der Waals surface area contributed by atoms with Crippen molar-refractivity contribution in [3.8, 4) is 10.6 Å². The Bertz CT molecular complexity index is 973. The van der Waals surface area contributed by atoms with Gasteiger partial charge in [0.2, 0.25) is 0 Å². The fraction of sp³-hybridized carbons (Fsp3) is 0.444. The van der Waals surface area contributed by atoms with Crippen LogP contribution >= 0.6 is 11.3 Å². The summed E-state index contributed by atoms with van der Waals surface area (Å²) in [4.78, 5) is 10.9. The minimum absolute atomic E-state index is 0.0584. The summed E-state index contributed by atoms with van der Waals surface area (Å²) in [5.74, 6) is 0. The molecule has 3 aliphatic rings. The normalized spacial score (nSPS) is 24.3. The third-order valence-corrected chi connectivity index (χ3v) is 6.16. The molecule has 0 aliphatic carbocycles. The van der Waals surface area contributed by atoms with Gasteiger partial charge >= 0.3 is 0 Å². The largest absolute Gasteiger partial charge is 0.423 e. The van der Waals surface area contributed by atoms with Crippen molar-refractivity contribution in [2.75, 3.05) is 18.0 Å². The summed E-state index contributed by atoms with van der Waals surface area (Å²) in [5.41, 5.74) is -0.934. The number of alkyl halides is 2. The Morgan fingerprint density at radius 1 is 1.37 bits per heavy atom. The SMILES string of the molecule is C[C@@](O)(c1ccc(-c2nccs2)c2oc(N3CC4CC(C3)N4)nc12)C(F)F. The Morgan fingerprint density at radius 3 is 2.74 bits per heavy atom. The van der Waals surface area contributed by atoms with Gasteiger partial charge in [0.1, 0.15) is 16.1 Å². The molecule has 2 aromatic heterocycles. The number of benzene rings is 1. The molecular weight excluding hydrogens is 374 g/mol. The Kier molecular flexibility index (Phi) is 3.75. The molecule has 2 unspecified atom stereocenters. The van der Waals surface area contributed by atoms with Gasteiger partial charge in [-0.15, -0.1) is 11.3 Å². The van der Waals surface area contributed by atoms with Crippen molar-refractivity contribution in [1.29, 1.82) is 0 Å². The molecule has 27 heavy (non-hydrogen) atoms. The summed E-state index contributed by atoms with van der Waals surface area (Å²) >= 11 is 1.43. The molecule has 3 aromatic rings. The standard InChI is InChI=1S/C18H18F2N4O2S/c1-18(25,16(19)20)12-3-2-11(15-21-4-5-27-15)14-13(12)23-17(26-14)24-7-9-6-10(8-24)22-9/h2-5,9-10,16,22,25H,6-8H2,1H3/t9?,10?,18-/m1/s1. The molecule has 3 aliphatic heterocycles. The maximum Gasteiger partial charge on any atom is 0.298 e. The molecule has 142 valence electrons. The van der Waals surface area contributed by atoms with Crippen LogP contribution in [0.15, 0.2) is 28.1 Å². The van der Waals surface area contributed by atoms with Crippen LogP contribution in [0.1, 0.15) is 18.9 Å². The van der Waals surface area contributed by atoms with Crippen molar-refractivity contribution < 1.29 is 18.3 Å². The van der Waals surface area contributed by atoms with E-state index in [2.05, 4.69) is 15.3 Å². The zero-order valence-corrected chi connectivity index (χ0v) is 15.3. The van der Waals surface area contributed by atoms with Gasteiger partial charge in [0.15, 0.2) is 5.58 Å². The van der Waals surface area contributed by atoms with Crippen LogP contribution in [0, 0.1) is 0 Å². The zero-order valence-electron chi connectivity index (χ0n) is 14.5. The number of rotatable bonds is 4. The number of hydrogen-bond acceptors (Lipinski definition) is 7. The summed E-state index contributed by atoms with van der Waals surface area (Å²) in [5, 5.41) is 16.4. The lowest BCUT2D eigenvalue weighted by molar-refractivity contribution is -0.0874. The monoisotopic (exact) mass is 392 g/mol. The molecule has 6 rings (SSSR count). The van der Waals surface area contributed by atoms with Crippen LogP contribution in [-0.2, 0) is 5.60 Å². The van der Waals surface area contributed by atoms with Gasteiger partial charge in [-0.2, -0.15) is 4.98 Å². The van der Waals surface area contributed by atoms with Crippen LogP contribution in [0.2, 0.25) is 0 Å². The molecule has 3 atom stereocenters. The number of hydrogen-bond donors (Lipinski definition) is 2. The molecule has 2 bridgehead atoms. The van der Waals surface area contributed by atoms with E-state index in [0.717, 1.165) is 26.4 Å². The van der Waals surface area contributed by atoms with Crippen LogP contribution in [0.3, 0.4) is 0 Å². The van der Waals surface area contributed by atoms with Crippen molar-refractivity contribution in [3.05, 3.63) is 29.3 Å². The van der Waals surface area contributed by atoms with Gasteiger partial charge in [0, 0.05) is 42.3 Å². The van der Waals surface area contributed by atoms with Crippen molar-refractivity contribution in [2.24, 2.45) is 0 Å². The van der Waals surface area contributed by atoms with E-state index in [-0.39, 0.29) is 11.1 Å². The van der Waals surface area contributed by atoms with Gasteiger partial charge < -0.3 is 19.7 Å². The second-order valence-electron chi connectivity index (χ2n) is 7.32. The summed E-state index contributed by atoms with van der Waals surface area (Å²) < 4.78 is 33.0. The summed E-state index contributed by atoms with van der Waals surface area (Å²) in [6.45, 7) is 2.62. The Hall–Kier alpha value is -2.10. The van der Waals surface area contributed by atoms with Crippen molar-refractivity contribution in [3.63, 3.8) is 0 Å². The first kappa shape index (κ1) is 17.0. The van der Waals surface area contributed by atoms with E-state index in [1.807, 2.05) is 10.3 Å². The first-order chi connectivity index (χ1) is 12.9. The smallest absolute Gasteiger partial charge is 0.298 e. The van der Waals surface area contributed by atoms with Gasteiger partial charge in [-0.3, -0.25) is 0 Å². The lowest BCUT2D eigenvalue weighted by Gasteiger charge is -2.47. The van der Waals surface area contributed by atoms with Crippen molar-refractivity contribution in [1.82, 2.24) is 15.3 Å². The summed E-state index contributed by atoms with van der Waals surface area (Å²) in [6, 6.07) is 4.36. The maximum absolute atomic E-state index is 13.5. The van der Waals surface area contributed by atoms with Crippen molar-refractivity contribution >= 4 is 28.5 Å². The second-order valence-corrected chi connectivity index (χ2v) is 8.22. The van der Waals surface area contributed by atoms with E-state index in [9.17, 15) is 13.9 Å². The van der Waals surface area contributed by atoms with E-state index in [4.69, 9.17) is 4.42 Å². The van der Waals surface area contributed by atoms with Crippen molar-refractivity contribution in [2.45, 2.75) is 37.5 Å². The lowest BCUT2D eigenvalue weighted by Crippen LogP contribution is -2.67. The molecular formula is C18H18F2N4O2S. The zero-order chi connectivity index (χ0) is 18.8. The first-order valence-electron chi connectivity index (χ1n) is 8.79. The number of piperidine rings is 1. The maximum atomic E-state index is 13.5. The van der Waals surface area contributed by atoms with Gasteiger partial charge in [0.05, 0.1) is 5.56 Å². The number of anilines is 1. The molecule has 1 aromatic carbocycles. The number of aromatic nitrogens is 2. The highest BCUT2D eigenvalue weighted by atomic mass is 32.1. The fourth-order valence-electron chi connectivity index (χ4n) is 3.85. The molecule has 3 saturated heterocycles. The topological polar surface area (TPSA) is 74.4 Å². The second kappa shape index (κ2) is 5.95. The highest BCUT2D eigenvalue weighted by Crippen LogP contribution is 2.40. The number of halogens is 2. The average Bonchev–Trinajstić information content (AvgIpc) is 3.30. The number of nitrogens with zero attached hydrogens (tertiary/aromatic N) is 3. The van der Waals surface area contributed by atoms with Crippen LogP contribution < -0.4 is 10.2 Å². The number of oxazole rings is 1. The van der Waals surface area contributed by atoms with Gasteiger partial charge in [-0.25, -0.2) is 13.8 Å². The Labute approximate surface area is 157 Å². The van der Waals surface area contributed by atoms with Gasteiger partial charge in [-0.1, -0.05) is 6.07 Å². The number of nitrogens with one attached hydrogen (secondary N) is 1. The molecule has 3 fully saturated rings. The van der Waals surface area contributed by atoms with Crippen LogP contribution in [0.4, 0.5) is 14.8 Å². The molecule has 6 nitrogen and oxygen atoms in total. The fourth-order valence-corrected chi connectivity index (χ4v) is 4.51. The molecule has 2 N–H and O–H groups in total. The van der Waals surface area contributed by atoms with E-state index in [1.165, 1.54) is 17.4 Å². The molecule has 0 amide bonds. The Morgan fingerprint density at radius 2 is 2.11 bits per heavy atom. The Balaban J connectivity index is 1.67. The molecule has 0 radical (unpaired) electrons. The predicted octanol–water partition coefficient (Wildman–Crippen LogP) is 2.97. The van der Waals surface area contributed by atoms with E-state index >= 15 is 0 Å².